The molecule has 2 aliphatic heterocycles. The highest BCUT2D eigenvalue weighted by molar-refractivity contribution is 5.98. The van der Waals surface area contributed by atoms with Crippen LogP contribution in [0.5, 0.6) is 0 Å². The molecule has 0 spiro atoms. The van der Waals surface area contributed by atoms with Gasteiger partial charge in [0.05, 0.1) is 12.5 Å². The molecular formula is C18H20N2O5. The van der Waals surface area contributed by atoms with Crippen LogP contribution in [0.15, 0.2) is 36.9 Å². The summed E-state index contributed by atoms with van der Waals surface area (Å²) in [7, 11) is 0. The van der Waals surface area contributed by atoms with E-state index in [2.05, 4.69) is 6.58 Å². The predicted octanol–water partition coefficient (Wildman–Crippen LogP) is 0.350. The Kier molecular flexibility index (Phi) is 4.34. The molecule has 2 heterocycles. The molecule has 7 nitrogen and oxygen atoms in total. The van der Waals surface area contributed by atoms with Crippen LogP contribution >= 0.6 is 0 Å². The number of aliphatic hydroxyl groups is 1. The van der Waals surface area contributed by atoms with Crippen LogP contribution in [0.1, 0.15) is 15.9 Å². The maximum absolute atomic E-state index is 12.7. The second kappa shape index (κ2) is 6.33. The lowest BCUT2D eigenvalue weighted by molar-refractivity contribution is -0.149. The summed E-state index contributed by atoms with van der Waals surface area (Å²) in [5.74, 6) is -2.33. The number of hydrogen-bond acceptors (Lipinski definition) is 4. The summed E-state index contributed by atoms with van der Waals surface area (Å²) in [6, 6.07) is 6.49. The van der Waals surface area contributed by atoms with E-state index in [4.69, 9.17) is 5.11 Å². The highest BCUT2D eigenvalue weighted by Gasteiger charge is 2.62. The number of carboxylic acids is 1. The van der Waals surface area contributed by atoms with E-state index in [0.29, 0.717) is 17.7 Å². The number of aliphatic carboxylic acids is 1. The van der Waals surface area contributed by atoms with E-state index in [-0.39, 0.29) is 38.1 Å². The third-order valence-electron chi connectivity index (χ3n) is 5.07. The van der Waals surface area contributed by atoms with E-state index in [0.717, 1.165) is 0 Å². The maximum Gasteiger partial charge on any atom is 0.314 e. The molecule has 1 aromatic rings. The summed E-state index contributed by atoms with van der Waals surface area (Å²) in [6.45, 7) is 3.98. The number of likely N-dealkylation sites (tertiary alicyclic amines) is 2. The summed E-state index contributed by atoms with van der Waals surface area (Å²) >= 11 is 0. The first-order valence-electron chi connectivity index (χ1n) is 8.05. The molecule has 25 heavy (non-hydrogen) atoms. The average molecular weight is 344 g/mol. The number of amides is 2. The molecule has 2 fully saturated rings. The molecule has 0 saturated carbocycles. The minimum atomic E-state index is -1.26. The van der Waals surface area contributed by atoms with Crippen molar-refractivity contribution in [1.29, 1.82) is 0 Å². The van der Waals surface area contributed by atoms with Crippen molar-refractivity contribution in [2.45, 2.75) is 6.61 Å². The van der Waals surface area contributed by atoms with E-state index in [9.17, 15) is 19.5 Å². The van der Waals surface area contributed by atoms with Crippen molar-refractivity contribution in [1.82, 2.24) is 9.80 Å². The predicted molar refractivity (Wildman–Crippen MR) is 88.6 cm³/mol. The molecule has 132 valence electrons. The molecule has 0 unspecified atom stereocenters. The lowest BCUT2D eigenvalue weighted by atomic mass is 9.81. The summed E-state index contributed by atoms with van der Waals surface area (Å²) in [5, 5.41) is 18.8. The van der Waals surface area contributed by atoms with Crippen LogP contribution in [0.25, 0.3) is 0 Å². The van der Waals surface area contributed by atoms with Crippen LogP contribution in [0.4, 0.5) is 0 Å². The average Bonchev–Trinajstić information content (AvgIpc) is 3.11. The van der Waals surface area contributed by atoms with Gasteiger partial charge in [-0.15, -0.1) is 6.58 Å². The van der Waals surface area contributed by atoms with Gasteiger partial charge in [-0.05, 0) is 17.7 Å². The van der Waals surface area contributed by atoms with Crippen LogP contribution in [-0.4, -0.2) is 64.0 Å². The Bertz CT molecular complexity index is 729. The van der Waals surface area contributed by atoms with Crippen molar-refractivity contribution in [2.75, 3.05) is 26.2 Å². The zero-order chi connectivity index (χ0) is 18.2. The van der Waals surface area contributed by atoms with Crippen molar-refractivity contribution in [3.05, 3.63) is 48.0 Å². The lowest BCUT2D eigenvalue weighted by Gasteiger charge is -2.24. The van der Waals surface area contributed by atoms with Crippen LogP contribution in [0.2, 0.25) is 0 Å². The molecule has 2 aliphatic rings. The van der Waals surface area contributed by atoms with Gasteiger partial charge in [0.15, 0.2) is 0 Å². The Labute approximate surface area is 145 Å². The molecule has 2 amide bonds. The van der Waals surface area contributed by atoms with E-state index in [1.54, 1.807) is 30.3 Å². The maximum atomic E-state index is 12.7. The second-order valence-electron chi connectivity index (χ2n) is 6.56. The normalized spacial score (nSPS) is 25.2. The Morgan fingerprint density at radius 2 is 1.96 bits per heavy atom. The summed E-state index contributed by atoms with van der Waals surface area (Å²) in [4.78, 5) is 40.1. The molecular weight excluding hydrogens is 324 g/mol. The van der Waals surface area contributed by atoms with Gasteiger partial charge in [0.25, 0.3) is 5.91 Å². The third kappa shape index (κ3) is 2.70. The molecule has 0 aliphatic carbocycles. The summed E-state index contributed by atoms with van der Waals surface area (Å²) in [5.41, 5.74) is -0.166. The SMILES string of the molecule is C=CCN1C[C@@]2(C(=O)O)CN(C(=O)c3ccc(CO)cc3)C[C@H]2C1=O. The minimum absolute atomic E-state index is 0.00691. The largest absolute Gasteiger partial charge is 0.481 e. The van der Waals surface area contributed by atoms with Crippen molar-refractivity contribution in [2.24, 2.45) is 11.3 Å². The number of benzene rings is 1. The summed E-state index contributed by atoms with van der Waals surface area (Å²) in [6.07, 6.45) is 1.57. The first kappa shape index (κ1) is 17.2. The Morgan fingerprint density at radius 3 is 2.48 bits per heavy atom. The quantitative estimate of drug-likeness (QED) is 0.751. The van der Waals surface area contributed by atoms with E-state index in [1.165, 1.54) is 9.80 Å². The van der Waals surface area contributed by atoms with Gasteiger partial charge >= 0.3 is 5.97 Å². The Hall–Kier alpha value is -2.67. The van der Waals surface area contributed by atoms with E-state index < -0.39 is 17.3 Å². The molecule has 7 heteroatoms. The zero-order valence-corrected chi connectivity index (χ0v) is 13.7. The highest BCUT2D eigenvalue weighted by atomic mass is 16.4. The minimum Gasteiger partial charge on any atom is -0.481 e. The fourth-order valence-electron chi connectivity index (χ4n) is 3.71. The Balaban J connectivity index is 1.83. The smallest absolute Gasteiger partial charge is 0.314 e. The van der Waals surface area contributed by atoms with Gasteiger partial charge in [0.2, 0.25) is 5.91 Å². The van der Waals surface area contributed by atoms with Crippen LogP contribution in [-0.2, 0) is 16.2 Å². The van der Waals surface area contributed by atoms with Gasteiger partial charge in [-0.3, -0.25) is 14.4 Å². The second-order valence-corrected chi connectivity index (χ2v) is 6.56. The van der Waals surface area contributed by atoms with Gasteiger partial charge < -0.3 is 20.0 Å². The number of aliphatic hydroxyl groups excluding tert-OH is 1. The Morgan fingerprint density at radius 1 is 1.28 bits per heavy atom. The van der Waals surface area contributed by atoms with Crippen molar-refractivity contribution >= 4 is 17.8 Å². The first-order valence-corrected chi connectivity index (χ1v) is 8.05. The molecule has 3 rings (SSSR count). The third-order valence-corrected chi connectivity index (χ3v) is 5.07. The molecule has 0 radical (unpaired) electrons. The topological polar surface area (TPSA) is 98.2 Å². The lowest BCUT2D eigenvalue weighted by Crippen LogP contribution is -2.42. The highest BCUT2D eigenvalue weighted by Crippen LogP contribution is 2.44. The van der Waals surface area contributed by atoms with Crippen LogP contribution in [0, 0.1) is 11.3 Å². The van der Waals surface area contributed by atoms with E-state index in [1.807, 2.05) is 0 Å². The van der Waals surface area contributed by atoms with Crippen molar-refractivity contribution in [3.8, 4) is 0 Å². The fourth-order valence-corrected chi connectivity index (χ4v) is 3.71. The van der Waals surface area contributed by atoms with Gasteiger partial charge in [0, 0.05) is 31.7 Å². The number of nitrogens with zero attached hydrogens (tertiary/aromatic N) is 2. The number of rotatable bonds is 5. The van der Waals surface area contributed by atoms with E-state index >= 15 is 0 Å². The summed E-state index contributed by atoms with van der Waals surface area (Å²) < 4.78 is 0. The molecule has 2 N–H and O–H groups in total. The monoisotopic (exact) mass is 344 g/mol. The molecule has 0 aromatic heterocycles. The number of carbonyl (C=O) groups excluding carboxylic acids is 2. The number of carboxylic acid groups (broad SMARTS) is 1. The molecule has 0 bridgehead atoms. The van der Waals surface area contributed by atoms with Gasteiger partial charge in [-0.25, -0.2) is 0 Å². The first-order chi connectivity index (χ1) is 11.9. The van der Waals surface area contributed by atoms with Crippen LogP contribution in [0.3, 0.4) is 0 Å². The van der Waals surface area contributed by atoms with Gasteiger partial charge in [-0.1, -0.05) is 18.2 Å². The standard InChI is InChI=1S/C18H20N2O5/c1-2-7-19-10-18(17(24)25)11-20(8-14(18)16(19)23)15(22)13-5-3-12(9-21)4-6-13/h2-6,14,21H,1,7-11H2,(H,24,25)/t14-,18+/m0/s1. The number of carbonyl (C=O) groups is 3. The number of hydrogen-bond donors (Lipinski definition) is 2. The van der Waals surface area contributed by atoms with Crippen molar-refractivity contribution < 1.29 is 24.6 Å². The fraction of sp³-hybridized carbons (Fsp3) is 0.389. The molecule has 2 saturated heterocycles. The van der Waals surface area contributed by atoms with Gasteiger partial charge in [0.1, 0.15) is 5.41 Å². The molecule has 1 aromatic carbocycles. The zero-order valence-electron chi connectivity index (χ0n) is 13.7. The molecule has 2 atom stereocenters. The van der Waals surface area contributed by atoms with Crippen molar-refractivity contribution in [3.63, 3.8) is 0 Å². The van der Waals surface area contributed by atoms with Crippen LogP contribution < -0.4 is 0 Å². The van der Waals surface area contributed by atoms with Gasteiger partial charge in [-0.2, -0.15) is 0 Å². The number of fused-ring (bicyclic) bond motifs is 1.